The summed E-state index contributed by atoms with van der Waals surface area (Å²) < 4.78 is 4.74. The van der Waals surface area contributed by atoms with E-state index in [9.17, 15) is 0 Å². The highest BCUT2D eigenvalue weighted by Gasteiger charge is 2.19. The molecule has 6 heteroatoms. The number of anilines is 3. The highest BCUT2D eigenvalue weighted by Crippen LogP contribution is 2.41. The number of aromatic nitrogens is 5. The van der Waals surface area contributed by atoms with Gasteiger partial charge in [0.15, 0.2) is 5.82 Å². The Morgan fingerprint density at radius 1 is 0.390 bits per heavy atom. The van der Waals surface area contributed by atoms with Crippen LogP contribution in [0.4, 0.5) is 17.1 Å². The largest absolute Gasteiger partial charge is 0.315 e. The van der Waals surface area contributed by atoms with Gasteiger partial charge in [0, 0.05) is 80.5 Å². The number of benzene rings is 7. The minimum atomic E-state index is 0.702. The monoisotopic (exact) mass is 756 g/mol. The molecule has 0 unspecified atom stereocenters. The number of fused-ring (bicyclic) bond motifs is 5. The van der Waals surface area contributed by atoms with E-state index in [2.05, 4.69) is 205 Å². The second kappa shape index (κ2) is 14.4. The second-order valence-electron chi connectivity index (χ2n) is 14.6. The van der Waals surface area contributed by atoms with Crippen molar-refractivity contribution in [2.45, 2.75) is 0 Å². The average Bonchev–Trinajstić information content (AvgIpc) is 3.90. The molecule has 4 heterocycles. The molecule has 4 aromatic heterocycles. The van der Waals surface area contributed by atoms with Gasteiger partial charge in [-0.1, -0.05) is 84.9 Å². The molecule has 0 aliphatic rings. The summed E-state index contributed by atoms with van der Waals surface area (Å²) in [5, 5.41) is 3.64. The van der Waals surface area contributed by atoms with Gasteiger partial charge >= 0.3 is 0 Å². The van der Waals surface area contributed by atoms with Crippen molar-refractivity contribution in [2.75, 3.05) is 4.90 Å². The van der Waals surface area contributed by atoms with Crippen molar-refractivity contribution in [2.24, 2.45) is 0 Å². The van der Waals surface area contributed by atoms with Gasteiger partial charge in [-0.2, -0.15) is 0 Å². The van der Waals surface area contributed by atoms with Crippen molar-refractivity contribution in [3.8, 4) is 45.1 Å². The van der Waals surface area contributed by atoms with E-state index in [0.29, 0.717) is 5.82 Å². The molecule has 0 N–H and O–H groups in total. The van der Waals surface area contributed by atoms with Crippen LogP contribution in [0.3, 0.4) is 0 Å². The maximum atomic E-state index is 4.57. The third-order valence-corrected chi connectivity index (χ3v) is 11.1. The fourth-order valence-corrected chi connectivity index (χ4v) is 8.32. The van der Waals surface area contributed by atoms with Gasteiger partial charge in [0.05, 0.1) is 22.2 Å². The summed E-state index contributed by atoms with van der Waals surface area (Å²) in [7, 11) is 0. The predicted molar refractivity (Wildman–Crippen MR) is 242 cm³/mol. The van der Waals surface area contributed by atoms with Crippen molar-refractivity contribution in [3.05, 3.63) is 219 Å². The molecule has 59 heavy (non-hydrogen) atoms. The lowest BCUT2D eigenvalue weighted by molar-refractivity contribution is 1.12. The van der Waals surface area contributed by atoms with E-state index in [4.69, 9.17) is 0 Å². The number of nitrogens with zero attached hydrogens (tertiary/aromatic N) is 6. The van der Waals surface area contributed by atoms with E-state index >= 15 is 0 Å². The third kappa shape index (κ3) is 6.11. The van der Waals surface area contributed by atoms with Crippen molar-refractivity contribution in [3.63, 3.8) is 0 Å². The molecular weight excluding hydrogens is 721 g/mol. The number of para-hydroxylation sites is 2. The Hall–Kier alpha value is -8.09. The Morgan fingerprint density at radius 2 is 0.983 bits per heavy atom. The first-order valence-electron chi connectivity index (χ1n) is 19.8. The van der Waals surface area contributed by atoms with Crippen LogP contribution in [0, 0.1) is 0 Å². The van der Waals surface area contributed by atoms with Gasteiger partial charge in [0.1, 0.15) is 0 Å². The fourth-order valence-electron chi connectivity index (χ4n) is 8.32. The molecule has 0 aliphatic heterocycles. The zero-order valence-electron chi connectivity index (χ0n) is 32.0. The number of rotatable bonds is 8. The van der Waals surface area contributed by atoms with Gasteiger partial charge in [0.25, 0.3) is 0 Å². The van der Waals surface area contributed by atoms with Gasteiger partial charge in [0.2, 0.25) is 0 Å². The van der Waals surface area contributed by atoms with Crippen LogP contribution in [-0.2, 0) is 0 Å². The molecule has 0 fully saturated rings. The van der Waals surface area contributed by atoms with Crippen LogP contribution in [-0.4, -0.2) is 24.1 Å². The average molecular weight is 757 g/mol. The van der Waals surface area contributed by atoms with Gasteiger partial charge in [-0.25, -0.2) is 9.97 Å². The van der Waals surface area contributed by atoms with Crippen LogP contribution in [0.2, 0.25) is 0 Å². The van der Waals surface area contributed by atoms with Crippen molar-refractivity contribution in [1.82, 2.24) is 24.1 Å². The highest BCUT2D eigenvalue weighted by atomic mass is 15.1. The molecule has 7 aromatic carbocycles. The predicted octanol–water partition coefficient (Wildman–Crippen LogP) is 13.4. The summed E-state index contributed by atoms with van der Waals surface area (Å²) in [4.78, 5) is 15.8. The number of hydrogen-bond acceptors (Lipinski definition) is 4. The van der Waals surface area contributed by atoms with Crippen LogP contribution < -0.4 is 4.90 Å². The molecule has 11 aromatic rings. The maximum absolute atomic E-state index is 4.57. The van der Waals surface area contributed by atoms with E-state index in [-0.39, 0.29) is 0 Å². The Bertz CT molecular complexity index is 3130. The summed E-state index contributed by atoms with van der Waals surface area (Å²) >= 11 is 0. The normalized spacial score (nSPS) is 11.4. The SMILES string of the molecule is c1ccc(-n2ccc3ccc4c5cc(-c6ccc(N(c7ccc(-c8ccccn8)cc7)c7ccc(-c8ncccn8)cc7)cc6)ccc5n(-c5ccccc5)c4c32)cc1. The van der Waals surface area contributed by atoms with Crippen LogP contribution in [0.15, 0.2) is 219 Å². The summed E-state index contributed by atoms with van der Waals surface area (Å²) in [6, 6.07) is 68.7. The zero-order chi connectivity index (χ0) is 39.1. The lowest BCUT2D eigenvalue weighted by Gasteiger charge is -2.26. The first-order valence-corrected chi connectivity index (χ1v) is 19.8. The minimum Gasteiger partial charge on any atom is -0.315 e. The fraction of sp³-hybridized carbons (Fsp3) is 0. The van der Waals surface area contributed by atoms with Gasteiger partial charge in [-0.15, -0.1) is 0 Å². The van der Waals surface area contributed by atoms with Crippen LogP contribution in [0.5, 0.6) is 0 Å². The summed E-state index contributed by atoms with van der Waals surface area (Å²) in [5.41, 5.74) is 14.2. The molecule has 6 nitrogen and oxygen atoms in total. The molecule has 0 radical (unpaired) electrons. The van der Waals surface area contributed by atoms with E-state index in [0.717, 1.165) is 56.4 Å². The van der Waals surface area contributed by atoms with Crippen molar-refractivity contribution < 1.29 is 0 Å². The molecule has 0 aliphatic carbocycles. The molecule has 11 rings (SSSR count). The summed E-state index contributed by atoms with van der Waals surface area (Å²) in [6.07, 6.45) is 7.56. The lowest BCUT2D eigenvalue weighted by Crippen LogP contribution is -2.09. The van der Waals surface area contributed by atoms with Crippen LogP contribution in [0.1, 0.15) is 0 Å². The van der Waals surface area contributed by atoms with E-state index in [1.165, 1.54) is 32.7 Å². The smallest absolute Gasteiger partial charge is 0.159 e. The first kappa shape index (κ1) is 34.2. The number of hydrogen-bond donors (Lipinski definition) is 0. The zero-order valence-corrected chi connectivity index (χ0v) is 32.0. The Morgan fingerprint density at radius 3 is 1.64 bits per heavy atom. The van der Waals surface area contributed by atoms with E-state index in [1.54, 1.807) is 12.4 Å². The van der Waals surface area contributed by atoms with Gasteiger partial charge < -0.3 is 14.0 Å². The van der Waals surface area contributed by atoms with Crippen LogP contribution in [0.25, 0.3) is 77.9 Å². The first-order chi connectivity index (χ1) is 29.3. The molecular formula is C53H36N6. The molecule has 0 saturated carbocycles. The molecule has 0 atom stereocenters. The Kier molecular flexibility index (Phi) is 8.37. The lowest BCUT2D eigenvalue weighted by atomic mass is 10.0. The number of pyridine rings is 1. The molecule has 0 amide bonds. The summed E-state index contributed by atoms with van der Waals surface area (Å²) in [6.45, 7) is 0. The molecule has 0 saturated heterocycles. The standard InChI is InChI=1S/C53H36N6/c1-3-10-42(11-4-1)57-35-31-39-21-29-47-48-36-41(22-30-50(48)59(52(47)51(39)57)43-12-5-2-6-13-43)37-15-23-44(24-16-37)58(45-25-17-38(18-26-45)49-14-7-8-32-54-49)46-27-19-40(20-28-46)53-55-33-9-34-56-53/h1-36H. The van der Waals surface area contributed by atoms with E-state index < -0.39 is 0 Å². The van der Waals surface area contributed by atoms with Crippen LogP contribution >= 0.6 is 0 Å². The maximum Gasteiger partial charge on any atom is 0.159 e. The van der Waals surface area contributed by atoms with Crippen molar-refractivity contribution in [1.29, 1.82) is 0 Å². The molecule has 0 spiro atoms. The topological polar surface area (TPSA) is 51.8 Å². The Labute approximate surface area is 341 Å². The second-order valence-corrected chi connectivity index (χ2v) is 14.6. The molecule has 0 bridgehead atoms. The van der Waals surface area contributed by atoms with Gasteiger partial charge in [-0.05, 0) is 120 Å². The van der Waals surface area contributed by atoms with Gasteiger partial charge in [-0.3, -0.25) is 4.98 Å². The molecule has 278 valence electrons. The highest BCUT2D eigenvalue weighted by molar-refractivity contribution is 6.18. The minimum absolute atomic E-state index is 0.702. The van der Waals surface area contributed by atoms with Crippen molar-refractivity contribution >= 4 is 49.8 Å². The third-order valence-electron chi connectivity index (χ3n) is 11.1. The quantitative estimate of drug-likeness (QED) is 0.155. The van der Waals surface area contributed by atoms with E-state index in [1.807, 2.05) is 30.5 Å². The summed E-state index contributed by atoms with van der Waals surface area (Å²) in [5.74, 6) is 0.702. The Balaban J connectivity index is 1.02.